The highest BCUT2D eigenvalue weighted by Crippen LogP contribution is 2.32. The molecule has 0 bridgehead atoms. The lowest BCUT2D eigenvalue weighted by Gasteiger charge is -2.31. The summed E-state index contributed by atoms with van der Waals surface area (Å²) < 4.78 is 26.8. The third-order valence-electron chi connectivity index (χ3n) is 5.23. The van der Waals surface area contributed by atoms with Gasteiger partial charge in [0.15, 0.2) is 0 Å². The van der Waals surface area contributed by atoms with Crippen LogP contribution in [0.4, 0.5) is 11.4 Å². The molecule has 5 nitrogen and oxygen atoms in total. The first-order chi connectivity index (χ1) is 14.0. The predicted molar refractivity (Wildman–Crippen MR) is 118 cm³/mol. The molecule has 0 aliphatic carbocycles. The van der Waals surface area contributed by atoms with Crippen LogP contribution in [-0.2, 0) is 16.4 Å². The molecule has 1 heterocycles. The Kier molecular flexibility index (Phi) is 5.28. The summed E-state index contributed by atoms with van der Waals surface area (Å²) in [5.74, 6) is -0.0883. The average molecular weight is 409 g/mol. The molecule has 1 aliphatic heterocycles. The second-order valence-corrected chi connectivity index (χ2v) is 9.36. The van der Waals surface area contributed by atoms with Gasteiger partial charge >= 0.3 is 0 Å². The molecule has 0 fully saturated rings. The van der Waals surface area contributed by atoms with E-state index >= 15 is 0 Å². The van der Waals surface area contributed by atoms with E-state index in [4.69, 9.17) is 0 Å². The fraction of sp³-hybridized carbons (Fsp3) is 0.261. The Morgan fingerprint density at radius 2 is 1.83 bits per heavy atom. The van der Waals surface area contributed by atoms with Gasteiger partial charge in [-0.15, -0.1) is 0 Å². The van der Waals surface area contributed by atoms with E-state index in [1.165, 1.54) is 4.31 Å². The second-order valence-electron chi connectivity index (χ2n) is 7.35. The van der Waals surface area contributed by atoms with Crippen LogP contribution in [0, 0.1) is 0 Å². The first kappa shape index (κ1) is 19.5. The van der Waals surface area contributed by atoms with Crippen LogP contribution in [0.3, 0.4) is 0 Å². The van der Waals surface area contributed by atoms with Crippen LogP contribution in [0.15, 0.2) is 60.7 Å². The van der Waals surface area contributed by atoms with Gasteiger partial charge in [0, 0.05) is 17.8 Å². The number of amides is 1. The summed E-state index contributed by atoms with van der Waals surface area (Å²) in [5.41, 5.74) is 2.85. The molecule has 3 aromatic rings. The quantitative estimate of drug-likeness (QED) is 0.672. The zero-order chi connectivity index (χ0) is 20.4. The van der Waals surface area contributed by atoms with Crippen molar-refractivity contribution in [2.75, 3.05) is 21.9 Å². The smallest absolute Gasteiger partial charge is 0.255 e. The van der Waals surface area contributed by atoms with Crippen molar-refractivity contribution in [3.8, 4) is 0 Å². The van der Waals surface area contributed by atoms with Crippen LogP contribution < -0.4 is 9.62 Å². The zero-order valence-corrected chi connectivity index (χ0v) is 17.2. The Morgan fingerprint density at radius 1 is 1.03 bits per heavy atom. The maximum absolute atomic E-state index is 12.8. The molecular formula is C23H24N2O3S. The second kappa shape index (κ2) is 7.87. The molecule has 150 valence electrons. The molecule has 0 atom stereocenters. The van der Waals surface area contributed by atoms with Gasteiger partial charge in [0.25, 0.3) is 5.91 Å². The van der Waals surface area contributed by atoms with Crippen molar-refractivity contribution < 1.29 is 13.2 Å². The molecule has 1 amide bonds. The fourth-order valence-electron chi connectivity index (χ4n) is 3.81. The number of benzene rings is 3. The highest BCUT2D eigenvalue weighted by atomic mass is 32.2. The highest BCUT2D eigenvalue weighted by molar-refractivity contribution is 7.92. The molecule has 0 spiro atoms. The summed E-state index contributed by atoms with van der Waals surface area (Å²) in [5, 5.41) is 5.00. The van der Waals surface area contributed by atoms with Crippen LogP contribution in [-0.4, -0.2) is 26.6 Å². The van der Waals surface area contributed by atoms with Gasteiger partial charge in [0.05, 0.1) is 11.4 Å². The minimum atomic E-state index is -3.35. The van der Waals surface area contributed by atoms with Gasteiger partial charge in [-0.2, -0.15) is 0 Å². The molecule has 4 rings (SSSR count). The summed E-state index contributed by atoms with van der Waals surface area (Å²) in [6.45, 7) is 2.35. The molecular weight excluding hydrogens is 384 g/mol. The highest BCUT2D eigenvalue weighted by Gasteiger charge is 2.27. The minimum absolute atomic E-state index is 0.125. The van der Waals surface area contributed by atoms with E-state index < -0.39 is 10.0 Å². The molecule has 0 radical (unpaired) electrons. The lowest BCUT2D eigenvalue weighted by Crippen LogP contribution is -2.37. The number of anilines is 2. The standard InChI is InChI=1S/C23H24N2O3S/c1-2-14-29(27,28)25-13-5-8-18-11-12-21(16-22(18)25)24-23(26)20-10-9-17-6-3-4-7-19(17)15-20/h3-4,6-7,9-12,15-16H,2,5,8,13-14H2,1H3,(H,24,26). The molecule has 0 aromatic heterocycles. The molecule has 1 aliphatic rings. The Labute approximate surface area is 171 Å². The predicted octanol–water partition coefficient (Wildman–Crippen LogP) is 4.58. The average Bonchev–Trinajstić information content (AvgIpc) is 2.72. The molecule has 0 unspecified atom stereocenters. The number of hydrogen-bond donors (Lipinski definition) is 1. The summed E-state index contributed by atoms with van der Waals surface area (Å²) in [4.78, 5) is 12.8. The molecule has 0 saturated carbocycles. The number of carbonyl (C=O) groups excluding carboxylic acids is 1. The van der Waals surface area contributed by atoms with E-state index in [1.54, 1.807) is 12.1 Å². The minimum Gasteiger partial charge on any atom is -0.322 e. The number of rotatable bonds is 5. The van der Waals surface area contributed by atoms with Crippen molar-refractivity contribution in [1.29, 1.82) is 0 Å². The summed E-state index contributed by atoms with van der Waals surface area (Å²) in [7, 11) is -3.35. The largest absolute Gasteiger partial charge is 0.322 e. The van der Waals surface area contributed by atoms with Gasteiger partial charge < -0.3 is 5.32 Å². The zero-order valence-electron chi connectivity index (χ0n) is 16.4. The van der Waals surface area contributed by atoms with E-state index in [0.29, 0.717) is 29.9 Å². The topological polar surface area (TPSA) is 66.5 Å². The van der Waals surface area contributed by atoms with E-state index in [9.17, 15) is 13.2 Å². The van der Waals surface area contributed by atoms with E-state index in [2.05, 4.69) is 5.32 Å². The van der Waals surface area contributed by atoms with E-state index in [1.807, 2.05) is 55.5 Å². The third kappa shape index (κ3) is 3.98. The monoisotopic (exact) mass is 408 g/mol. The maximum atomic E-state index is 12.8. The fourth-order valence-corrected chi connectivity index (χ4v) is 5.42. The molecule has 3 aromatic carbocycles. The van der Waals surface area contributed by atoms with Crippen LogP contribution in [0.1, 0.15) is 35.7 Å². The summed E-state index contributed by atoms with van der Waals surface area (Å²) in [6.07, 6.45) is 2.22. The van der Waals surface area contributed by atoms with Gasteiger partial charge in [0.1, 0.15) is 0 Å². The van der Waals surface area contributed by atoms with Crippen molar-refractivity contribution in [3.63, 3.8) is 0 Å². The maximum Gasteiger partial charge on any atom is 0.255 e. The number of nitrogens with one attached hydrogen (secondary N) is 1. The van der Waals surface area contributed by atoms with Crippen molar-refractivity contribution in [1.82, 2.24) is 0 Å². The van der Waals surface area contributed by atoms with Crippen LogP contribution in [0.25, 0.3) is 10.8 Å². The van der Waals surface area contributed by atoms with Crippen molar-refractivity contribution in [2.24, 2.45) is 0 Å². The number of fused-ring (bicyclic) bond motifs is 2. The van der Waals surface area contributed by atoms with Gasteiger partial charge in [0.2, 0.25) is 10.0 Å². The van der Waals surface area contributed by atoms with E-state index in [-0.39, 0.29) is 11.7 Å². The Hall–Kier alpha value is -2.86. The Bertz CT molecular complexity index is 1170. The molecule has 6 heteroatoms. The van der Waals surface area contributed by atoms with Crippen LogP contribution in [0.2, 0.25) is 0 Å². The lowest BCUT2D eigenvalue weighted by atomic mass is 10.0. The number of sulfonamides is 1. The van der Waals surface area contributed by atoms with Crippen molar-refractivity contribution >= 4 is 38.1 Å². The van der Waals surface area contributed by atoms with Crippen LogP contribution in [0.5, 0.6) is 0 Å². The number of carbonyl (C=O) groups is 1. The molecule has 0 saturated heterocycles. The third-order valence-corrected chi connectivity index (χ3v) is 7.20. The first-order valence-electron chi connectivity index (χ1n) is 9.91. The van der Waals surface area contributed by atoms with E-state index in [0.717, 1.165) is 29.2 Å². The van der Waals surface area contributed by atoms with Crippen LogP contribution >= 0.6 is 0 Å². The summed E-state index contributed by atoms with van der Waals surface area (Å²) in [6, 6.07) is 19.0. The first-order valence-corrected chi connectivity index (χ1v) is 11.5. The number of aryl methyl sites for hydroxylation is 1. The SMILES string of the molecule is CCCS(=O)(=O)N1CCCc2ccc(NC(=O)c3ccc4ccccc4c3)cc21. The van der Waals surface area contributed by atoms with Gasteiger partial charge in [-0.3, -0.25) is 9.10 Å². The number of nitrogens with zero attached hydrogens (tertiary/aromatic N) is 1. The normalized spacial score (nSPS) is 13.9. The van der Waals surface area contributed by atoms with Gasteiger partial charge in [-0.1, -0.05) is 43.3 Å². The lowest BCUT2D eigenvalue weighted by molar-refractivity contribution is 0.102. The van der Waals surface area contributed by atoms with Crippen molar-refractivity contribution in [3.05, 3.63) is 71.8 Å². The Balaban J connectivity index is 1.62. The number of hydrogen-bond acceptors (Lipinski definition) is 3. The molecule has 1 N–H and O–H groups in total. The van der Waals surface area contributed by atoms with Gasteiger partial charge in [-0.25, -0.2) is 8.42 Å². The summed E-state index contributed by atoms with van der Waals surface area (Å²) >= 11 is 0. The molecule has 29 heavy (non-hydrogen) atoms. The van der Waals surface area contributed by atoms with Crippen molar-refractivity contribution in [2.45, 2.75) is 26.2 Å². The van der Waals surface area contributed by atoms with Gasteiger partial charge in [-0.05, 0) is 59.9 Å². The Morgan fingerprint density at radius 3 is 2.62 bits per heavy atom.